The summed E-state index contributed by atoms with van der Waals surface area (Å²) in [5.74, 6) is 0.151. The second-order valence-electron chi connectivity index (χ2n) is 4.83. The third-order valence-electron chi connectivity index (χ3n) is 3.53. The third-order valence-corrected chi connectivity index (χ3v) is 5.57. The molecule has 1 fully saturated rings. The van der Waals surface area contributed by atoms with Gasteiger partial charge < -0.3 is 0 Å². The predicted molar refractivity (Wildman–Crippen MR) is 75.9 cm³/mol. The first-order valence-electron chi connectivity index (χ1n) is 5.73. The Morgan fingerprint density at radius 1 is 1.56 bits per heavy atom. The number of nitrogens with zero attached hydrogens (tertiary/aromatic N) is 2. The maximum Gasteiger partial charge on any atom is 0.262 e. The summed E-state index contributed by atoms with van der Waals surface area (Å²) in [4.78, 5) is 18.7. The van der Waals surface area contributed by atoms with Crippen molar-refractivity contribution >= 4 is 44.8 Å². The Balaban J connectivity index is 2.07. The Kier molecular flexibility index (Phi) is 2.74. The van der Waals surface area contributed by atoms with Gasteiger partial charge in [0.2, 0.25) is 0 Å². The molecule has 0 amide bonds. The third kappa shape index (κ3) is 1.87. The van der Waals surface area contributed by atoms with Gasteiger partial charge in [0.15, 0.2) is 0 Å². The van der Waals surface area contributed by atoms with E-state index in [9.17, 15) is 4.79 Å². The average Bonchev–Trinajstić information content (AvgIpc) is 2.77. The van der Waals surface area contributed by atoms with Crippen molar-refractivity contribution in [3.63, 3.8) is 0 Å². The molecule has 0 unspecified atom stereocenters. The second-order valence-corrected chi connectivity index (χ2v) is 7.57. The molecule has 1 atom stereocenters. The lowest BCUT2D eigenvalue weighted by Crippen LogP contribution is -2.22. The zero-order valence-corrected chi connectivity index (χ0v) is 12.4. The van der Waals surface area contributed by atoms with Crippen LogP contribution in [-0.4, -0.2) is 13.9 Å². The van der Waals surface area contributed by atoms with Gasteiger partial charge in [0.25, 0.3) is 5.56 Å². The van der Waals surface area contributed by atoms with E-state index in [1.165, 1.54) is 0 Å². The standard InChI is InChI=1S/C12H12Cl2N2OS/c1-6-7(2)18-10-9(6)11(17)16(5-15-10)4-8-3-12(8,13)14/h5,8H,3-4H2,1-2H3/t8-/m0/s1. The molecule has 1 aliphatic rings. The molecule has 6 heteroatoms. The molecular formula is C12H12Cl2N2OS. The Hall–Kier alpha value is -0.580. The van der Waals surface area contributed by atoms with Crippen LogP contribution in [0.4, 0.5) is 0 Å². The van der Waals surface area contributed by atoms with Gasteiger partial charge in [0.05, 0.1) is 11.7 Å². The minimum atomic E-state index is -0.659. The highest BCUT2D eigenvalue weighted by atomic mass is 35.5. The number of rotatable bonds is 2. The smallest absolute Gasteiger partial charge is 0.262 e. The molecule has 1 aliphatic carbocycles. The van der Waals surface area contributed by atoms with Crippen LogP contribution in [0.25, 0.3) is 10.2 Å². The van der Waals surface area contributed by atoms with Crippen LogP contribution in [-0.2, 0) is 6.54 Å². The van der Waals surface area contributed by atoms with Gasteiger partial charge in [-0.3, -0.25) is 9.36 Å². The number of aryl methyl sites for hydroxylation is 2. The lowest BCUT2D eigenvalue weighted by molar-refractivity contribution is 0.597. The molecule has 0 spiro atoms. The van der Waals surface area contributed by atoms with Crippen LogP contribution >= 0.6 is 34.5 Å². The number of aromatic nitrogens is 2. The van der Waals surface area contributed by atoms with Crippen molar-refractivity contribution in [3.05, 3.63) is 27.1 Å². The highest BCUT2D eigenvalue weighted by Gasteiger charge is 2.51. The molecule has 0 bridgehead atoms. The van der Waals surface area contributed by atoms with Crippen LogP contribution in [0.5, 0.6) is 0 Å². The minimum Gasteiger partial charge on any atom is -0.298 e. The van der Waals surface area contributed by atoms with Gasteiger partial charge >= 0.3 is 0 Å². The summed E-state index contributed by atoms with van der Waals surface area (Å²) in [5, 5.41) is 0.732. The Morgan fingerprint density at radius 2 is 2.22 bits per heavy atom. The van der Waals surface area contributed by atoms with E-state index in [-0.39, 0.29) is 11.5 Å². The van der Waals surface area contributed by atoms with Crippen LogP contribution in [0.3, 0.4) is 0 Å². The van der Waals surface area contributed by atoms with E-state index in [2.05, 4.69) is 4.98 Å². The number of halogens is 2. The number of hydrogen-bond donors (Lipinski definition) is 0. The molecule has 2 aromatic heterocycles. The van der Waals surface area contributed by atoms with Gasteiger partial charge in [-0.15, -0.1) is 34.5 Å². The van der Waals surface area contributed by atoms with Crippen molar-refractivity contribution in [2.45, 2.75) is 31.1 Å². The quantitative estimate of drug-likeness (QED) is 0.798. The number of alkyl halides is 2. The monoisotopic (exact) mass is 302 g/mol. The maximum atomic E-state index is 12.4. The maximum absolute atomic E-state index is 12.4. The summed E-state index contributed by atoms with van der Waals surface area (Å²) < 4.78 is 0.965. The van der Waals surface area contributed by atoms with Crippen molar-refractivity contribution in [2.24, 2.45) is 5.92 Å². The van der Waals surface area contributed by atoms with Crippen molar-refractivity contribution < 1.29 is 0 Å². The Bertz CT molecular complexity index is 689. The lowest BCUT2D eigenvalue weighted by atomic mass is 10.2. The summed E-state index contributed by atoms with van der Waals surface area (Å²) in [7, 11) is 0. The molecule has 3 rings (SSSR count). The second kappa shape index (κ2) is 3.95. The molecule has 0 saturated heterocycles. The minimum absolute atomic E-state index is 0.0119. The van der Waals surface area contributed by atoms with Gasteiger partial charge in [0, 0.05) is 17.3 Å². The Labute approximate surface area is 118 Å². The van der Waals surface area contributed by atoms with E-state index in [0.29, 0.717) is 6.54 Å². The van der Waals surface area contributed by atoms with Gasteiger partial charge in [0.1, 0.15) is 9.16 Å². The summed E-state index contributed by atoms with van der Waals surface area (Å²) in [6, 6.07) is 0. The van der Waals surface area contributed by atoms with E-state index >= 15 is 0 Å². The van der Waals surface area contributed by atoms with Crippen LogP contribution in [0.2, 0.25) is 0 Å². The van der Waals surface area contributed by atoms with E-state index in [4.69, 9.17) is 23.2 Å². The average molecular weight is 303 g/mol. The predicted octanol–water partition coefficient (Wildman–Crippen LogP) is 3.27. The largest absolute Gasteiger partial charge is 0.298 e. The fourth-order valence-corrected chi connectivity index (χ4v) is 3.60. The van der Waals surface area contributed by atoms with E-state index in [1.54, 1.807) is 22.2 Å². The molecule has 0 aliphatic heterocycles. The van der Waals surface area contributed by atoms with Crippen LogP contribution < -0.4 is 5.56 Å². The molecule has 0 aromatic carbocycles. The zero-order valence-electron chi connectivity index (χ0n) is 10.0. The van der Waals surface area contributed by atoms with Crippen LogP contribution in [0.1, 0.15) is 16.9 Å². The normalized spacial score (nSPS) is 21.4. The molecule has 3 nitrogen and oxygen atoms in total. The van der Waals surface area contributed by atoms with E-state index in [1.807, 2.05) is 13.8 Å². The van der Waals surface area contributed by atoms with Gasteiger partial charge in [-0.25, -0.2) is 4.98 Å². The summed E-state index contributed by atoms with van der Waals surface area (Å²) in [6.45, 7) is 4.52. The fourth-order valence-electron chi connectivity index (χ4n) is 2.11. The van der Waals surface area contributed by atoms with Gasteiger partial charge in [-0.1, -0.05) is 0 Å². The zero-order chi connectivity index (χ0) is 13.1. The topological polar surface area (TPSA) is 34.9 Å². The lowest BCUT2D eigenvalue weighted by Gasteiger charge is -2.05. The first kappa shape index (κ1) is 12.5. The number of thiophene rings is 1. The van der Waals surface area contributed by atoms with Gasteiger partial charge in [-0.2, -0.15) is 0 Å². The van der Waals surface area contributed by atoms with E-state index < -0.39 is 4.33 Å². The van der Waals surface area contributed by atoms with Crippen molar-refractivity contribution in [1.82, 2.24) is 9.55 Å². The van der Waals surface area contributed by atoms with Gasteiger partial charge in [-0.05, 0) is 25.8 Å². The molecular weight excluding hydrogens is 291 g/mol. The highest BCUT2D eigenvalue weighted by Crippen LogP contribution is 2.53. The summed E-state index contributed by atoms with van der Waals surface area (Å²) >= 11 is 13.5. The first-order valence-corrected chi connectivity index (χ1v) is 7.30. The SMILES string of the molecule is Cc1sc2ncn(C[C@@H]3CC3(Cl)Cl)c(=O)c2c1C. The molecule has 18 heavy (non-hydrogen) atoms. The summed E-state index contributed by atoms with van der Waals surface area (Å²) in [5.41, 5.74) is 1.04. The molecule has 96 valence electrons. The van der Waals surface area contributed by atoms with Crippen molar-refractivity contribution in [3.8, 4) is 0 Å². The molecule has 2 aromatic rings. The Morgan fingerprint density at radius 3 is 2.83 bits per heavy atom. The molecule has 0 N–H and O–H groups in total. The van der Waals surface area contributed by atoms with E-state index in [0.717, 1.165) is 27.1 Å². The van der Waals surface area contributed by atoms with Crippen molar-refractivity contribution in [2.75, 3.05) is 0 Å². The molecule has 1 saturated carbocycles. The number of hydrogen-bond acceptors (Lipinski definition) is 3. The molecule has 2 heterocycles. The molecule has 0 radical (unpaired) electrons. The highest BCUT2D eigenvalue weighted by molar-refractivity contribution is 7.18. The fraction of sp³-hybridized carbons (Fsp3) is 0.500. The van der Waals surface area contributed by atoms with Crippen LogP contribution in [0, 0.1) is 19.8 Å². The van der Waals surface area contributed by atoms with Crippen molar-refractivity contribution in [1.29, 1.82) is 0 Å². The number of fused-ring (bicyclic) bond motifs is 1. The first-order chi connectivity index (χ1) is 8.40. The van der Waals surface area contributed by atoms with Crippen LogP contribution in [0.15, 0.2) is 11.1 Å². The summed E-state index contributed by atoms with van der Waals surface area (Å²) in [6.07, 6.45) is 2.34.